The number of methoxy groups -OCH3 is 1. The average molecular weight is 281 g/mol. The Morgan fingerprint density at radius 1 is 1.53 bits per heavy atom. The first kappa shape index (κ1) is 15.1. The predicted octanol–water partition coefficient (Wildman–Crippen LogP) is 1.05. The Bertz CT molecular complexity index is 493. The third kappa shape index (κ3) is 4.69. The molecule has 0 saturated heterocycles. The van der Waals surface area contributed by atoms with Crippen LogP contribution in [0.1, 0.15) is 12.5 Å². The second-order valence-electron chi connectivity index (χ2n) is 3.70. The highest BCUT2D eigenvalue weighted by atomic mass is 32.1. The SMILES string of the molecule is CCN(CC(=O)Nc1sccc1C#N)CC(=O)OC. The van der Waals surface area contributed by atoms with Crippen molar-refractivity contribution in [2.45, 2.75) is 6.92 Å². The summed E-state index contributed by atoms with van der Waals surface area (Å²) in [7, 11) is 1.31. The number of thiophene rings is 1. The Balaban J connectivity index is 2.54. The maximum Gasteiger partial charge on any atom is 0.319 e. The van der Waals surface area contributed by atoms with Crippen molar-refractivity contribution in [2.24, 2.45) is 0 Å². The summed E-state index contributed by atoms with van der Waals surface area (Å²) >= 11 is 1.29. The van der Waals surface area contributed by atoms with Gasteiger partial charge in [-0.1, -0.05) is 6.92 Å². The summed E-state index contributed by atoms with van der Waals surface area (Å²) in [6.45, 7) is 2.55. The van der Waals surface area contributed by atoms with Crippen LogP contribution in [0, 0.1) is 11.3 Å². The fraction of sp³-hybridized carbons (Fsp3) is 0.417. The molecule has 0 spiro atoms. The molecule has 0 aliphatic rings. The second kappa shape index (κ2) is 7.51. The molecule has 0 radical (unpaired) electrons. The maximum atomic E-state index is 11.8. The van der Waals surface area contributed by atoms with Gasteiger partial charge in [0.25, 0.3) is 0 Å². The molecule has 1 rings (SSSR count). The van der Waals surface area contributed by atoms with Gasteiger partial charge < -0.3 is 10.1 Å². The quantitative estimate of drug-likeness (QED) is 0.788. The Morgan fingerprint density at radius 3 is 2.84 bits per heavy atom. The van der Waals surface area contributed by atoms with Gasteiger partial charge in [-0.25, -0.2) is 0 Å². The first-order valence-electron chi connectivity index (χ1n) is 5.67. The molecular weight excluding hydrogens is 266 g/mol. The maximum absolute atomic E-state index is 11.8. The van der Waals surface area contributed by atoms with E-state index < -0.39 is 0 Å². The molecule has 1 N–H and O–H groups in total. The molecule has 7 heteroatoms. The summed E-state index contributed by atoms with van der Waals surface area (Å²) in [4.78, 5) is 24.6. The zero-order valence-electron chi connectivity index (χ0n) is 10.8. The van der Waals surface area contributed by atoms with Crippen LogP contribution in [0.25, 0.3) is 0 Å². The Kier molecular flexibility index (Phi) is 5.99. The first-order valence-corrected chi connectivity index (χ1v) is 6.55. The number of nitrogens with zero attached hydrogens (tertiary/aromatic N) is 2. The van der Waals surface area contributed by atoms with Crippen molar-refractivity contribution in [2.75, 3.05) is 32.1 Å². The fourth-order valence-electron chi connectivity index (χ4n) is 1.39. The van der Waals surface area contributed by atoms with E-state index in [1.54, 1.807) is 16.3 Å². The number of anilines is 1. The van der Waals surface area contributed by atoms with Gasteiger partial charge in [0, 0.05) is 0 Å². The van der Waals surface area contributed by atoms with E-state index in [1.807, 2.05) is 13.0 Å². The standard InChI is InChI=1S/C12H15N3O3S/c1-3-15(8-11(17)18-2)7-10(16)14-12-9(6-13)4-5-19-12/h4-5H,3,7-8H2,1-2H3,(H,14,16). The molecule has 0 bridgehead atoms. The number of carbonyl (C=O) groups is 2. The summed E-state index contributed by atoms with van der Waals surface area (Å²) < 4.78 is 4.55. The van der Waals surface area contributed by atoms with Gasteiger partial charge in [0.2, 0.25) is 5.91 Å². The number of carbonyl (C=O) groups excluding carboxylic acids is 2. The first-order chi connectivity index (χ1) is 9.10. The van der Waals surface area contributed by atoms with Crippen LogP contribution in [-0.2, 0) is 14.3 Å². The average Bonchev–Trinajstić information content (AvgIpc) is 2.84. The molecule has 0 unspecified atom stereocenters. The summed E-state index contributed by atoms with van der Waals surface area (Å²) in [5.74, 6) is -0.645. The molecule has 1 aromatic rings. The zero-order chi connectivity index (χ0) is 14.3. The number of hydrogen-bond donors (Lipinski definition) is 1. The van der Waals surface area contributed by atoms with Crippen LogP contribution in [-0.4, -0.2) is 43.5 Å². The molecule has 6 nitrogen and oxygen atoms in total. The third-order valence-corrected chi connectivity index (χ3v) is 3.26. The van der Waals surface area contributed by atoms with Crippen molar-refractivity contribution < 1.29 is 14.3 Å². The van der Waals surface area contributed by atoms with Gasteiger partial charge in [-0.15, -0.1) is 11.3 Å². The molecule has 0 atom stereocenters. The smallest absolute Gasteiger partial charge is 0.319 e. The van der Waals surface area contributed by atoms with Crippen molar-refractivity contribution in [1.82, 2.24) is 4.90 Å². The number of amides is 1. The fourth-order valence-corrected chi connectivity index (χ4v) is 2.14. The molecule has 1 amide bonds. The molecule has 1 heterocycles. The van der Waals surface area contributed by atoms with Crippen molar-refractivity contribution in [3.63, 3.8) is 0 Å². The van der Waals surface area contributed by atoms with Gasteiger partial charge in [0.15, 0.2) is 0 Å². The minimum absolute atomic E-state index is 0.0654. The summed E-state index contributed by atoms with van der Waals surface area (Å²) in [6, 6.07) is 3.64. The van der Waals surface area contributed by atoms with Gasteiger partial charge in [-0.3, -0.25) is 14.5 Å². The van der Waals surface area contributed by atoms with Crippen LogP contribution < -0.4 is 5.32 Å². The number of nitriles is 1. The van der Waals surface area contributed by atoms with Crippen LogP contribution in [0.2, 0.25) is 0 Å². The van der Waals surface area contributed by atoms with Crippen LogP contribution in [0.15, 0.2) is 11.4 Å². The van der Waals surface area contributed by atoms with Crippen molar-refractivity contribution in [3.05, 3.63) is 17.0 Å². The molecule has 0 aliphatic heterocycles. The van der Waals surface area contributed by atoms with Crippen LogP contribution >= 0.6 is 11.3 Å². The second-order valence-corrected chi connectivity index (χ2v) is 4.62. The number of esters is 1. The lowest BCUT2D eigenvalue weighted by Crippen LogP contribution is -2.37. The molecule has 102 valence electrons. The monoisotopic (exact) mass is 281 g/mol. The molecule has 0 aromatic carbocycles. The lowest BCUT2D eigenvalue weighted by molar-refractivity contribution is -0.142. The van der Waals surface area contributed by atoms with Crippen molar-refractivity contribution in [1.29, 1.82) is 5.26 Å². The van der Waals surface area contributed by atoms with Crippen molar-refractivity contribution >= 4 is 28.2 Å². The van der Waals surface area contributed by atoms with E-state index in [4.69, 9.17) is 5.26 Å². The lowest BCUT2D eigenvalue weighted by atomic mass is 10.3. The minimum Gasteiger partial charge on any atom is -0.468 e. The zero-order valence-corrected chi connectivity index (χ0v) is 11.6. The lowest BCUT2D eigenvalue weighted by Gasteiger charge is -2.17. The number of hydrogen-bond acceptors (Lipinski definition) is 6. The molecular formula is C12H15N3O3S. The molecule has 19 heavy (non-hydrogen) atoms. The third-order valence-electron chi connectivity index (χ3n) is 2.43. The Hall–Kier alpha value is -1.91. The molecule has 1 aromatic heterocycles. The Labute approximate surface area is 115 Å². The van der Waals surface area contributed by atoms with E-state index in [2.05, 4.69) is 10.1 Å². The summed E-state index contributed by atoms with van der Waals surface area (Å²) in [5.41, 5.74) is 0.439. The van der Waals surface area contributed by atoms with E-state index in [9.17, 15) is 9.59 Å². The summed E-state index contributed by atoms with van der Waals surface area (Å²) in [5, 5.41) is 13.8. The number of nitrogens with one attached hydrogen (secondary N) is 1. The van der Waals surface area contributed by atoms with Crippen LogP contribution in [0.4, 0.5) is 5.00 Å². The highest BCUT2D eigenvalue weighted by Gasteiger charge is 2.14. The van der Waals surface area contributed by atoms with E-state index >= 15 is 0 Å². The summed E-state index contributed by atoms with van der Waals surface area (Å²) in [6.07, 6.45) is 0. The number of likely N-dealkylation sites (N-methyl/N-ethyl adjacent to an activating group) is 1. The Morgan fingerprint density at radius 2 is 2.26 bits per heavy atom. The highest BCUT2D eigenvalue weighted by Crippen LogP contribution is 2.21. The van der Waals surface area contributed by atoms with E-state index in [0.717, 1.165) is 0 Å². The van der Waals surface area contributed by atoms with Gasteiger partial charge in [-0.05, 0) is 18.0 Å². The highest BCUT2D eigenvalue weighted by molar-refractivity contribution is 7.14. The normalized spacial score (nSPS) is 10.0. The van der Waals surface area contributed by atoms with Gasteiger partial charge in [0.1, 0.15) is 11.1 Å². The molecule has 0 fully saturated rings. The molecule has 0 aliphatic carbocycles. The predicted molar refractivity (Wildman–Crippen MR) is 71.8 cm³/mol. The largest absolute Gasteiger partial charge is 0.468 e. The van der Waals surface area contributed by atoms with E-state index in [0.29, 0.717) is 17.1 Å². The van der Waals surface area contributed by atoms with Crippen molar-refractivity contribution in [3.8, 4) is 6.07 Å². The van der Waals surface area contributed by atoms with Crippen LogP contribution in [0.3, 0.4) is 0 Å². The molecule has 0 saturated carbocycles. The number of ether oxygens (including phenoxy) is 1. The van der Waals surface area contributed by atoms with E-state index in [-0.39, 0.29) is 25.0 Å². The van der Waals surface area contributed by atoms with E-state index in [1.165, 1.54) is 18.4 Å². The van der Waals surface area contributed by atoms with Gasteiger partial charge in [-0.2, -0.15) is 5.26 Å². The minimum atomic E-state index is -0.386. The number of rotatable bonds is 6. The topological polar surface area (TPSA) is 82.4 Å². The van der Waals surface area contributed by atoms with Gasteiger partial charge in [0.05, 0.1) is 25.8 Å². The van der Waals surface area contributed by atoms with Gasteiger partial charge >= 0.3 is 5.97 Å². The van der Waals surface area contributed by atoms with Crippen LogP contribution in [0.5, 0.6) is 0 Å².